The molecule has 0 radical (unpaired) electrons. The zero-order valence-corrected chi connectivity index (χ0v) is 19.6. The molecule has 3 aromatic rings. The molecule has 0 spiro atoms. The summed E-state index contributed by atoms with van der Waals surface area (Å²) < 4.78 is 10.8. The van der Waals surface area contributed by atoms with E-state index in [-0.39, 0.29) is 31.1 Å². The monoisotopic (exact) mass is 474 g/mol. The second-order valence-corrected chi connectivity index (χ2v) is 7.82. The molecule has 0 heterocycles. The van der Waals surface area contributed by atoms with E-state index in [0.29, 0.717) is 49.3 Å². The van der Waals surface area contributed by atoms with Crippen molar-refractivity contribution in [3.05, 3.63) is 108 Å². The first-order valence-corrected chi connectivity index (χ1v) is 11.6. The van der Waals surface area contributed by atoms with Gasteiger partial charge in [0, 0.05) is 31.7 Å². The third-order valence-electron chi connectivity index (χ3n) is 5.27. The highest BCUT2D eigenvalue weighted by Gasteiger charge is 2.12. The second-order valence-electron chi connectivity index (χ2n) is 7.82. The van der Waals surface area contributed by atoms with Crippen LogP contribution in [0.5, 0.6) is 0 Å². The van der Waals surface area contributed by atoms with Gasteiger partial charge >= 0.3 is 11.9 Å². The maximum atomic E-state index is 12.2. The van der Waals surface area contributed by atoms with Crippen molar-refractivity contribution in [3.8, 4) is 0 Å². The van der Waals surface area contributed by atoms with Gasteiger partial charge in [-0.05, 0) is 42.8 Å². The van der Waals surface area contributed by atoms with Crippen LogP contribution in [0, 0.1) is 0 Å². The molecule has 0 atom stereocenters. The highest BCUT2D eigenvalue weighted by atomic mass is 16.5. The van der Waals surface area contributed by atoms with Crippen LogP contribution in [-0.2, 0) is 9.47 Å². The molecule has 7 nitrogen and oxygen atoms in total. The number of carbonyl (C=O) groups excluding carboxylic acids is 3. The summed E-state index contributed by atoms with van der Waals surface area (Å²) >= 11 is 0. The third-order valence-corrected chi connectivity index (χ3v) is 5.27. The Morgan fingerprint density at radius 2 is 1.03 bits per heavy atom. The molecule has 0 aliphatic heterocycles. The summed E-state index contributed by atoms with van der Waals surface area (Å²) in [7, 11) is 0. The van der Waals surface area contributed by atoms with Crippen molar-refractivity contribution in [3.63, 3.8) is 0 Å². The minimum absolute atomic E-state index is 0.120. The second kappa shape index (κ2) is 14.3. The lowest BCUT2D eigenvalue weighted by Crippen LogP contribution is -2.35. The van der Waals surface area contributed by atoms with Gasteiger partial charge in [0.15, 0.2) is 0 Å². The summed E-state index contributed by atoms with van der Waals surface area (Å²) in [5, 5.41) is 2.91. The quantitative estimate of drug-likeness (QED) is 0.299. The molecule has 182 valence electrons. The van der Waals surface area contributed by atoms with Crippen molar-refractivity contribution < 1.29 is 23.9 Å². The zero-order valence-electron chi connectivity index (χ0n) is 19.6. The van der Waals surface area contributed by atoms with Crippen molar-refractivity contribution in [1.29, 1.82) is 0 Å². The smallest absolute Gasteiger partial charge is 0.338 e. The van der Waals surface area contributed by atoms with Crippen LogP contribution in [0.3, 0.4) is 0 Å². The number of esters is 2. The minimum Gasteiger partial charge on any atom is -0.461 e. The maximum absolute atomic E-state index is 12.2. The number of ether oxygens (including phenoxy) is 2. The van der Waals surface area contributed by atoms with Crippen LogP contribution in [0.15, 0.2) is 91.0 Å². The number of nitrogens with one attached hydrogen (secondary N) is 1. The summed E-state index contributed by atoms with van der Waals surface area (Å²) in [4.78, 5) is 38.7. The molecule has 35 heavy (non-hydrogen) atoms. The van der Waals surface area contributed by atoms with Crippen LogP contribution in [0.25, 0.3) is 0 Å². The predicted molar refractivity (Wildman–Crippen MR) is 133 cm³/mol. The molecule has 1 N–H and O–H groups in total. The number of amides is 1. The van der Waals surface area contributed by atoms with Crippen LogP contribution in [0.1, 0.15) is 37.5 Å². The SMILES string of the molecule is O=C(NCCCN(CCOC(=O)c1ccccc1)CCOC(=O)c1ccccc1)c1ccccc1. The lowest BCUT2D eigenvalue weighted by molar-refractivity contribution is 0.0394. The largest absolute Gasteiger partial charge is 0.461 e. The number of carbonyl (C=O) groups is 3. The predicted octanol–water partition coefficient (Wildman–Crippen LogP) is 3.82. The summed E-state index contributed by atoms with van der Waals surface area (Å²) in [5.74, 6) is -0.877. The number of rotatable bonds is 13. The van der Waals surface area contributed by atoms with E-state index in [2.05, 4.69) is 5.32 Å². The van der Waals surface area contributed by atoms with E-state index < -0.39 is 0 Å². The topological polar surface area (TPSA) is 84.9 Å². The molecule has 7 heteroatoms. The fourth-order valence-electron chi connectivity index (χ4n) is 3.38. The normalized spacial score (nSPS) is 10.5. The van der Waals surface area contributed by atoms with Crippen LogP contribution >= 0.6 is 0 Å². The highest BCUT2D eigenvalue weighted by molar-refractivity contribution is 5.94. The molecule has 0 fully saturated rings. The van der Waals surface area contributed by atoms with Crippen LogP contribution in [0.4, 0.5) is 0 Å². The number of hydrogen-bond acceptors (Lipinski definition) is 6. The van der Waals surface area contributed by atoms with Gasteiger partial charge in [0.25, 0.3) is 5.91 Å². The Hall–Kier alpha value is -3.97. The van der Waals surface area contributed by atoms with Crippen molar-refractivity contribution in [1.82, 2.24) is 10.2 Å². The number of benzene rings is 3. The standard InChI is InChI=1S/C28H30N2O5/c31-26(23-11-4-1-5-12-23)29-17-10-18-30(19-21-34-27(32)24-13-6-2-7-14-24)20-22-35-28(33)25-15-8-3-9-16-25/h1-9,11-16H,10,17-22H2,(H,29,31). The van der Waals surface area contributed by atoms with Crippen molar-refractivity contribution in [2.45, 2.75) is 6.42 Å². The van der Waals surface area contributed by atoms with E-state index in [0.717, 1.165) is 0 Å². The Morgan fingerprint density at radius 3 is 1.49 bits per heavy atom. The van der Waals surface area contributed by atoms with Gasteiger partial charge in [-0.3, -0.25) is 9.69 Å². The van der Waals surface area contributed by atoms with Gasteiger partial charge in [-0.15, -0.1) is 0 Å². The number of hydrogen-bond donors (Lipinski definition) is 1. The van der Waals surface area contributed by atoms with E-state index >= 15 is 0 Å². The molecule has 0 aliphatic rings. The Labute approximate surface area is 205 Å². The molecule has 3 rings (SSSR count). The molecule has 0 aromatic heterocycles. The van der Waals surface area contributed by atoms with Gasteiger partial charge < -0.3 is 14.8 Å². The molecule has 0 aliphatic carbocycles. The molecular formula is C28H30N2O5. The zero-order chi connectivity index (χ0) is 24.7. The Kier molecular flexibility index (Phi) is 10.5. The van der Waals surface area contributed by atoms with Gasteiger partial charge in [0.2, 0.25) is 0 Å². The summed E-state index contributed by atoms with van der Waals surface area (Å²) in [5.41, 5.74) is 1.61. The van der Waals surface area contributed by atoms with Crippen LogP contribution in [-0.4, -0.2) is 62.1 Å². The minimum atomic E-state index is -0.379. The van der Waals surface area contributed by atoms with Crippen molar-refractivity contribution in [2.75, 3.05) is 39.4 Å². The van der Waals surface area contributed by atoms with Gasteiger partial charge in [0.05, 0.1) is 11.1 Å². The van der Waals surface area contributed by atoms with E-state index in [1.807, 2.05) is 35.2 Å². The van der Waals surface area contributed by atoms with Gasteiger partial charge in [-0.25, -0.2) is 9.59 Å². The van der Waals surface area contributed by atoms with E-state index in [4.69, 9.17) is 9.47 Å². The van der Waals surface area contributed by atoms with Crippen molar-refractivity contribution in [2.24, 2.45) is 0 Å². The first kappa shape index (κ1) is 25.6. The Morgan fingerprint density at radius 1 is 0.600 bits per heavy atom. The summed E-state index contributed by atoms with van der Waals surface area (Å²) in [6.07, 6.45) is 0.692. The summed E-state index contributed by atoms with van der Waals surface area (Å²) in [6, 6.07) is 26.7. The van der Waals surface area contributed by atoms with Gasteiger partial charge in [-0.1, -0.05) is 54.6 Å². The van der Waals surface area contributed by atoms with Crippen LogP contribution < -0.4 is 5.32 Å². The lowest BCUT2D eigenvalue weighted by Gasteiger charge is -2.22. The maximum Gasteiger partial charge on any atom is 0.338 e. The van der Waals surface area contributed by atoms with Crippen molar-refractivity contribution >= 4 is 17.8 Å². The molecular weight excluding hydrogens is 444 g/mol. The Bertz CT molecular complexity index is 1000. The highest BCUT2D eigenvalue weighted by Crippen LogP contribution is 2.04. The first-order valence-electron chi connectivity index (χ1n) is 11.6. The van der Waals surface area contributed by atoms with Gasteiger partial charge in [0.1, 0.15) is 13.2 Å². The first-order chi connectivity index (χ1) is 17.1. The van der Waals surface area contributed by atoms with Crippen LogP contribution in [0.2, 0.25) is 0 Å². The molecule has 0 bridgehead atoms. The average Bonchev–Trinajstić information content (AvgIpc) is 2.91. The average molecular weight is 475 g/mol. The molecule has 1 amide bonds. The van der Waals surface area contributed by atoms with E-state index in [9.17, 15) is 14.4 Å². The fourth-order valence-corrected chi connectivity index (χ4v) is 3.38. The van der Waals surface area contributed by atoms with E-state index in [1.54, 1.807) is 60.7 Å². The Balaban J connectivity index is 1.45. The molecule has 3 aromatic carbocycles. The molecule has 0 saturated heterocycles. The summed E-state index contributed by atoms with van der Waals surface area (Å²) in [6.45, 7) is 2.51. The fraction of sp³-hybridized carbons (Fsp3) is 0.250. The lowest BCUT2D eigenvalue weighted by atomic mass is 10.2. The molecule has 0 unspecified atom stereocenters. The molecule has 0 saturated carbocycles. The third kappa shape index (κ3) is 9.06. The number of nitrogens with zero attached hydrogens (tertiary/aromatic N) is 1. The van der Waals surface area contributed by atoms with E-state index in [1.165, 1.54) is 0 Å². The van der Waals surface area contributed by atoms with Gasteiger partial charge in [-0.2, -0.15) is 0 Å².